The van der Waals surface area contributed by atoms with Crippen molar-refractivity contribution in [2.75, 3.05) is 27.3 Å². The van der Waals surface area contributed by atoms with E-state index in [1.807, 2.05) is 18.3 Å². The fraction of sp³-hybridized carbons (Fsp3) is 0.583. The summed E-state index contributed by atoms with van der Waals surface area (Å²) in [5, 5.41) is 0. The topological polar surface area (TPSA) is 34.6 Å². The van der Waals surface area contributed by atoms with Crippen LogP contribution in [0.4, 0.5) is 0 Å². The van der Waals surface area contributed by atoms with E-state index in [-0.39, 0.29) is 12.2 Å². The monoisotopic (exact) mass is 300 g/mol. The van der Waals surface area contributed by atoms with Gasteiger partial charge in [0, 0.05) is 44.5 Å². The van der Waals surface area contributed by atoms with Gasteiger partial charge < -0.3 is 9.47 Å². The van der Waals surface area contributed by atoms with Crippen molar-refractivity contribution in [1.29, 1.82) is 0 Å². The smallest absolute Gasteiger partial charge is 0.0971 e. The molecular formula is C12H17BrN2O2. The van der Waals surface area contributed by atoms with Crippen molar-refractivity contribution >= 4 is 15.9 Å². The summed E-state index contributed by atoms with van der Waals surface area (Å²) in [4.78, 5) is 6.68. The highest BCUT2D eigenvalue weighted by Gasteiger charge is 2.32. The largest absolute Gasteiger partial charge is 0.377 e. The van der Waals surface area contributed by atoms with Crippen LogP contribution in [0.5, 0.6) is 0 Å². The third kappa shape index (κ3) is 3.25. The van der Waals surface area contributed by atoms with Gasteiger partial charge in [-0.25, -0.2) is 0 Å². The first-order chi connectivity index (χ1) is 8.22. The number of pyridine rings is 1. The van der Waals surface area contributed by atoms with E-state index < -0.39 is 0 Å². The van der Waals surface area contributed by atoms with Crippen molar-refractivity contribution in [2.24, 2.45) is 0 Å². The van der Waals surface area contributed by atoms with Crippen LogP contribution in [0.15, 0.2) is 22.8 Å². The summed E-state index contributed by atoms with van der Waals surface area (Å²) in [7, 11) is 3.47. The van der Waals surface area contributed by atoms with Crippen molar-refractivity contribution in [2.45, 2.75) is 18.8 Å². The molecule has 1 saturated heterocycles. The molecule has 2 atom stereocenters. The molecule has 1 aliphatic heterocycles. The Hall–Kier alpha value is -0.490. The molecule has 1 aromatic rings. The highest BCUT2D eigenvalue weighted by Crippen LogP contribution is 2.18. The lowest BCUT2D eigenvalue weighted by atomic mass is 10.3. The first-order valence-electron chi connectivity index (χ1n) is 5.61. The van der Waals surface area contributed by atoms with Gasteiger partial charge in [-0.3, -0.25) is 9.88 Å². The number of hydrogen-bond donors (Lipinski definition) is 0. The van der Waals surface area contributed by atoms with Gasteiger partial charge >= 0.3 is 0 Å². The molecule has 1 aliphatic rings. The van der Waals surface area contributed by atoms with Gasteiger partial charge in [-0.2, -0.15) is 0 Å². The summed E-state index contributed by atoms with van der Waals surface area (Å²) in [6.07, 6.45) is 2.15. The van der Waals surface area contributed by atoms with Gasteiger partial charge in [0.1, 0.15) is 0 Å². The van der Waals surface area contributed by atoms with Crippen LogP contribution in [-0.4, -0.2) is 49.4 Å². The van der Waals surface area contributed by atoms with Gasteiger partial charge in [0.05, 0.1) is 17.9 Å². The molecule has 17 heavy (non-hydrogen) atoms. The predicted molar refractivity (Wildman–Crippen MR) is 68.8 cm³/mol. The molecule has 0 N–H and O–H groups in total. The van der Waals surface area contributed by atoms with E-state index in [2.05, 4.69) is 25.8 Å². The van der Waals surface area contributed by atoms with Crippen LogP contribution in [-0.2, 0) is 16.0 Å². The minimum Gasteiger partial charge on any atom is -0.377 e. The summed E-state index contributed by atoms with van der Waals surface area (Å²) in [6.45, 7) is 2.63. The van der Waals surface area contributed by atoms with Crippen molar-refractivity contribution in [3.05, 3.63) is 28.5 Å². The van der Waals surface area contributed by atoms with Gasteiger partial charge in [-0.15, -0.1) is 0 Å². The van der Waals surface area contributed by atoms with Gasteiger partial charge in [0.2, 0.25) is 0 Å². The van der Waals surface area contributed by atoms with Crippen molar-refractivity contribution in [1.82, 2.24) is 9.88 Å². The minimum atomic E-state index is 0.162. The Morgan fingerprint density at radius 3 is 2.41 bits per heavy atom. The Morgan fingerprint density at radius 1 is 1.29 bits per heavy atom. The number of nitrogens with zero attached hydrogens (tertiary/aromatic N) is 2. The molecule has 0 aliphatic carbocycles. The van der Waals surface area contributed by atoms with Gasteiger partial charge in [-0.05, 0) is 28.1 Å². The molecule has 0 radical (unpaired) electrons. The number of halogens is 1. The summed E-state index contributed by atoms with van der Waals surface area (Å²) in [6, 6.07) is 4.05. The SMILES string of the molecule is COC1CN(Cc2ccc(Br)cn2)CC1OC. The number of likely N-dealkylation sites (tertiary alicyclic amines) is 1. The number of aromatic nitrogens is 1. The second-order valence-corrected chi connectivity index (χ2v) is 5.13. The first kappa shape index (κ1) is 13.0. The number of ether oxygens (including phenoxy) is 2. The molecule has 94 valence electrons. The Morgan fingerprint density at radius 2 is 1.94 bits per heavy atom. The molecular weight excluding hydrogens is 284 g/mol. The first-order valence-corrected chi connectivity index (χ1v) is 6.40. The van der Waals surface area contributed by atoms with E-state index in [0.717, 1.165) is 29.8 Å². The average Bonchev–Trinajstić information content (AvgIpc) is 2.74. The molecule has 0 bridgehead atoms. The lowest BCUT2D eigenvalue weighted by Gasteiger charge is -2.14. The Balaban J connectivity index is 1.94. The molecule has 1 aromatic heterocycles. The van der Waals surface area contributed by atoms with Crippen molar-refractivity contribution in [3.8, 4) is 0 Å². The second kappa shape index (κ2) is 5.91. The molecule has 0 spiro atoms. The highest BCUT2D eigenvalue weighted by molar-refractivity contribution is 9.10. The average molecular weight is 301 g/mol. The maximum Gasteiger partial charge on any atom is 0.0971 e. The van der Waals surface area contributed by atoms with Crippen LogP contribution in [0.2, 0.25) is 0 Å². The third-order valence-electron chi connectivity index (χ3n) is 3.07. The van der Waals surface area contributed by atoms with Crippen LogP contribution in [0.1, 0.15) is 5.69 Å². The predicted octanol–water partition coefficient (Wildman–Crippen LogP) is 1.69. The van der Waals surface area contributed by atoms with Crippen LogP contribution >= 0.6 is 15.9 Å². The number of methoxy groups -OCH3 is 2. The second-order valence-electron chi connectivity index (χ2n) is 4.21. The van der Waals surface area contributed by atoms with E-state index >= 15 is 0 Å². The summed E-state index contributed by atoms with van der Waals surface area (Å²) >= 11 is 3.38. The quantitative estimate of drug-likeness (QED) is 0.847. The zero-order valence-corrected chi connectivity index (χ0v) is 11.7. The molecule has 4 nitrogen and oxygen atoms in total. The third-order valence-corrected chi connectivity index (χ3v) is 3.54. The lowest BCUT2D eigenvalue weighted by molar-refractivity contribution is -0.00461. The van der Waals surface area contributed by atoms with Crippen LogP contribution in [0, 0.1) is 0 Å². The van der Waals surface area contributed by atoms with E-state index in [1.165, 1.54) is 0 Å². The molecule has 2 rings (SSSR count). The molecule has 1 fully saturated rings. The summed E-state index contributed by atoms with van der Waals surface area (Å²) < 4.78 is 11.8. The Kier molecular flexibility index (Phi) is 4.50. The van der Waals surface area contributed by atoms with Gasteiger partial charge in [0.25, 0.3) is 0 Å². The van der Waals surface area contributed by atoms with Crippen LogP contribution in [0.25, 0.3) is 0 Å². The standard InChI is InChI=1S/C12H17BrN2O2/c1-16-11-7-15(8-12(11)17-2)6-10-4-3-9(13)5-14-10/h3-5,11-12H,6-8H2,1-2H3. The van der Waals surface area contributed by atoms with Gasteiger partial charge in [0.15, 0.2) is 0 Å². The maximum atomic E-state index is 5.41. The highest BCUT2D eigenvalue weighted by atomic mass is 79.9. The zero-order chi connectivity index (χ0) is 12.3. The Bertz CT molecular complexity index is 346. The van der Waals surface area contributed by atoms with E-state index in [9.17, 15) is 0 Å². The number of rotatable bonds is 4. The minimum absolute atomic E-state index is 0.162. The molecule has 2 heterocycles. The zero-order valence-electron chi connectivity index (χ0n) is 10.1. The summed E-state index contributed by atoms with van der Waals surface area (Å²) in [5.74, 6) is 0. The van der Waals surface area contributed by atoms with Crippen LogP contribution in [0.3, 0.4) is 0 Å². The van der Waals surface area contributed by atoms with E-state index in [0.29, 0.717) is 0 Å². The van der Waals surface area contributed by atoms with Gasteiger partial charge in [-0.1, -0.05) is 0 Å². The van der Waals surface area contributed by atoms with Crippen molar-refractivity contribution < 1.29 is 9.47 Å². The van der Waals surface area contributed by atoms with E-state index in [1.54, 1.807) is 14.2 Å². The Labute approximate surface area is 110 Å². The molecule has 0 amide bonds. The molecule has 5 heteroatoms. The lowest BCUT2D eigenvalue weighted by Crippen LogP contribution is -2.27. The summed E-state index contributed by atoms with van der Waals surface area (Å²) in [5.41, 5.74) is 1.07. The number of hydrogen-bond acceptors (Lipinski definition) is 4. The molecule has 0 saturated carbocycles. The fourth-order valence-electron chi connectivity index (χ4n) is 2.13. The van der Waals surface area contributed by atoms with E-state index in [4.69, 9.17) is 9.47 Å². The molecule has 2 unspecified atom stereocenters. The normalized spacial score (nSPS) is 25.4. The molecule has 0 aromatic carbocycles. The fourth-order valence-corrected chi connectivity index (χ4v) is 2.36. The van der Waals surface area contributed by atoms with Crippen LogP contribution < -0.4 is 0 Å². The maximum absolute atomic E-state index is 5.41. The van der Waals surface area contributed by atoms with Crippen molar-refractivity contribution in [3.63, 3.8) is 0 Å².